The first-order valence-corrected chi connectivity index (χ1v) is 12.4. The summed E-state index contributed by atoms with van der Waals surface area (Å²) in [6.45, 7) is 12.1. The Bertz CT molecular complexity index is 676. The topological polar surface area (TPSA) is 40.5 Å². The molecule has 0 radical (unpaired) electrons. The maximum Gasteiger partial charge on any atom is 0.0661 e. The largest absolute Gasteiger partial charge is 0.393 e. The Morgan fingerprint density at radius 3 is 2.48 bits per heavy atom. The van der Waals surface area contributed by atoms with Crippen molar-refractivity contribution in [1.29, 1.82) is 0 Å². The molecule has 164 valence electrons. The van der Waals surface area contributed by atoms with Gasteiger partial charge in [-0.2, -0.15) is 0 Å². The van der Waals surface area contributed by atoms with Crippen molar-refractivity contribution in [1.82, 2.24) is 0 Å². The van der Waals surface area contributed by atoms with E-state index in [9.17, 15) is 10.2 Å². The summed E-state index contributed by atoms with van der Waals surface area (Å²) in [5.41, 5.74) is 3.20. The van der Waals surface area contributed by atoms with Gasteiger partial charge in [-0.05, 0) is 67.1 Å². The van der Waals surface area contributed by atoms with Gasteiger partial charge in [0.05, 0.1) is 12.2 Å². The highest BCUT2D eigenvalue weighted by Gasteiger charge is 2.58. The minimum absolute atomic E-state index is 0.161. The van der Waals surface area contributed by atoms with Crippen LogP contribution >= 0.6 is 0 Å². The summed E-state index contributed by atoms with van der Waals surface area (Å²) in [6, 6.07) is 0. The van der Waals surface area contributed by atoms with E-state index in [1.54, 1.807) is 5.57 Å². The number of fused-ring (bicyclic) bond motifs is 5. The van der Waals surface area contributed by atoms with E-state index in [2.05, 4.69) is 46.8 Å². The van der Waals surface area contributed by atoms with Gasteiger partial charge in [0, 0.05) is 11.8 Å². The van der Waals surface area contributed by atoms with Crippen LogP contribution in [0.3, 0.4) is 0 Å². The molecule has 0 aromatic rings. The predicted molar refractivity (Wildman–Crippen MR) is 120 cm³/mol. The van der Waals surface area contributed by atoms with Crippen LogP contribution in [0.2, 0.25) is 0 Å². The number of rotatable bonds is 5. The second-order valence-electron chi connectivity index (χ2n) is 11.9. The number of hydrogen-bond acceptors (Lipinski definition) is 2. The molecular formula is C27H44O2. The maximum absolute atomic E-state index is 11.0. The van der Waals surface area contributed by atoms with E-state index in [-0.39, 0.29) is 11.5 Å². The van der Waals surface area contributed by atoms with Crippen molar-refractivity contribution in [3.05, 3.63) is 23.3 Å². The first kappa shape index (κ1) is 21.6. The van der Waals surface area contributed by atoms with Crippen molar-refractivity contribution in [2.24, 2.45) is 40.4 Å². The molecule has 4 aliphatic carbocycles. The Kier molecular flexibility index (Phi) is 5.84. The molecule has 4 rings (SSSR count). The highest BCUT2D eigenvalue weighted by Crippen LogP contribution is 2.66. The first-order chi connectivity index (χ1) is 13.7. The minimum Gasteiger partial charge on any atom is -0.393 e. The van der Waals surface area contributed by atoms with Gasteiger partial charge in [-0.1, -0.05) is 77.2 Å². The molecule has 2 nitrogen and oxygen atoms in total. The van der Waals surface area contributed by atoms with Gasteiger partial charge in [-0.15, -0.1) is 0 Å². The fraction of sp³-hybridized carbons (Fsp3) is 0.852. The molecule has 0 amide bonds. The van der Waals surface area contributed by atoms with Crippen molar-refractivity contribution in [2.45, 2.75) is 105 Å². The second-order valence-corrected chi connectivity index (χ2v) is 11.9. The van der Waals surface area contributed by atoms with Gasteiger partial charge in [-0.3, -0.25) is 0 Å². The molecule has 0 heterocycles. The van der Waals surface area contributed by atoms with Crippen LogP contribution in [-0.2, 0) is 0 Å². The molecule has 29 heavy (non-hydrogen) atoms. The molecule has 2 N–H and O–H groups in total. The summed E-state index contributed by atoms with van der Waals surface area (Å²) in [4.78, 5) is 0. The highest BCUT2D eigenvalue weighted by atomic mass is 16.3. The van der Waals surface area contributed by atoms with Gasteiger partial charge in [0.2, 0.25) is 0 Å². The number of aliphatic hydroxyl groups is 2. The summed E-state index contributed by atoms with van der Waals surface area (Å²) in [6.07, 6.45) is 14.5. The zero-order valence-corrected chi connectivity index (χ0v) is 19.5. The molecule has 1 unspecified atom stereocenters. The van der Waals surface area contributed by atoms with Crippen molar-refractivity contribution in [2.75, 3.05) is 0 Å². The van der Waals surface area contributed by atoms with Crippen molar-refractivity contribution in [3.63, 3.8) is 0 Å². The van der Waals surface area contributed by atoms with Crippen LogP contribution in [0, 0.1) is 40.4 Å². The predicted octanol–water partition coefficient (Wildman–Crippen LogP) is 6.28. The van der Waals surface area contributed by atoms with Crippen LogP contribution in [0.25, 0.3) is 0 Å². The van der Waals surface area contributed by atoms with Crippen molar-refractivity contribution in [3.8, 4) is 0 Å². The molecular weight excluding hydrogens is 356 g/mol. The molecule has 0 saturated heterocycles. The third-order valence-corrected chi connectivity index (χ3v) is 9.85. The smallest absolute Gasteiger partial charge is 0.0661 e. The molecule has 0 aromatic heterocycles. The van der Waals surface area contributed by atoms with Crippen LogP contribution in [0.5, 0.6) is 0 Å². The second kappa shape index (κ2) is 7.83. The Morgan fingerprint density at radius 2 is 1.76 bits per heavy atom. The number of aliphatic hydroxyl groups excluding tert-OH is 2. The molecule has 2 heteroatoms. The lowest BCUT2D eigenvalue weighted by Gasteiger charge is -2.56. The van der Waals surface area contributed by atoms with Crippen molar-refractivity contribution >= 4 is 0 Å². The molecule has 0 spiro atoms. The lowest BCUT2D eigenvalue weighted by molar-refractivity contribution is -0.0544. The highest BCUT2D eigenvalue weighted by molar-refractivity contribution is 5.40. The van der Waals surface area contributed by atoms with Gasteiger partial charge < -0.3 is 10.2 Å². The normalized spacial score (nSPS) is 45.2. The minimum atomic E-state index is -0.414. The number of allylic oxidation sites excluding steroid dienone is 3. The average Bonchev–Trinajstić information content (AvgIpc) is 3.00. The van der Waals surface area contributed by atoms with Gasteiger partial charge in [-0.25, -0.2) is 0 Å². The third kappa shape index (κ3) is 3.47. The zero-order valence-electron chi connectivity index (χ0n) is 19.5. The van der Waals surface area contributed by atoms with E-state index < -0.39 is 6.10 Å². The van der Waals surface area contributed by atoms with Crippen molar-refractivity contribution < 1.29 is 10.2 Å². The summed E-state index contributed by atoms with van der Waals surface area (Å²) in [5.74, 6) is 3.64. The molecule has 3 fully saturated rings. The third-order valence-electron chi connectivity index (χ3n) is 9.85. The van der Waals surface area contributed by atoms with E-state index in [0.29, 0.717) is 23.7 Å². The Labute approximate surface area is 178 Å². The molecule has 0 aromatic carbocycles. The molecule has 0 aliphatic heterocycles. The van der Waals surface area contributed by atoms with E-state index in [1.165, 1.54) is 50.5 Å². The van der Waals surface area contributed by atoms with Crippen LogP contribution in [-0.4, -0.2) is 22.4 Å². The summed E-state index contributed by atoms with van der Waals surface area (Å²) >= 11 is 0. The van der Waals surface area contributed by atoms with E-state index >= 15 is 0 Å². The van der Waals surface area contributed by atoms with Crippen LogP contribution in [0.4, 0.5) is 0 Å². The fourth-order valence-corrected chi connectivity index (χ4v) is 8.07. The number of hydrogen-bond donors (Lipinski definition) is 2. The SMILES string of the molecule is CC(C)CCCC(C)[C@H]1CC[C@H]2C3=CC=C4C[C@@H](O)C[C@H](O)[C@]4(C)[C@H]3CC[C@]12C. The molecule has 0 bridgehead atoms. The van der Waals surface area contributed by atoms with E-state index in [0.717, 1.165) is 24.2 Å². The van der Waals surface area contributed by atoms with Gasteiger partial charge in [0.15, 0.2) is 0 Å². The zero-order chi connectivity index (χ0) is 21.0. The van der Waals surface area contributed by atoms with Gasteiger partial charge in [0.1, 0.15) is 0 Å². The van der Waals surface area contributed by atoms with E-state index in [4.69, 9.17) is 0 Å². The summed E-state index contributed by atoms with van der Waals surface area (Å²) in [5, 5.41) is 21.2. The lowest BCUT2D eigenvalue weighted by Crippen LogP contribution is -2.52. The fourth-order valence-electron chi connectivity index (χ4n) is 8.07. The van der Waals surface area contributed by atoms with Gasteiger partial charge >= 0.3 is 0 Å². The Balaban J connectivity index is 1.55. The summed E-state index contributed by atoms with van der Waals surface area (Å²) in [7, 11) is 0. The molecule has 8 atom stereocenters. The first-order valence-electron chi connectivity index (χ1n) is 12.4. The van der Waals surface area contributed by atoms with Crippen LogP contribution in [0.15, 0.2) is 23.3 Å². The lowest BCUT2D eigenvalue weighted by atomic mass is 9.49. The Morgan fingerprint density at radius 1 is 1.00 bits per heavy atom. The Hall–Kier alpha value is -0.600. The standard InChI is InChI=1S/C27H44O2/c1-17(2)7-6-8-18(3)22-11-12-23-21-10-9-19-15-20(28)16-25(29)27(19,5)24(21)13-14-26(22,23)4/h9-10,17-18,20,22-25,28-29H,6-8,11-16H2,1-5H3/t18?,20-,22-,23+,24+,25+,26-,27+/m1/s1. The van der Waals surface area contributed by atoms with Gasteiger partial charge in [0.25, 0.3) is 0 Å². The molecule has 3 saturated carbocycles. The summed E-state index contributed by atoms with van der Waals surface area (Å²) < 4.78 is 0. The van der Waals surface area contributed by atoms with Crippen LogP contribution < -0.4 is 0 Å². The van der Waals surface area contributed by atoms with Crippen LogP contribution in [0.1, 0.15) is 92.4 Å². The van der Waals surface area contributed by atoms with E-state index in [1.807, 2.05) is 0 Å². The maximum atomic E-state index is 11.0. The average molecular weight is 401 g/mol. The monoisotopic (exact) mass is 400 g/mol. The molecule has 4 aliphatic rings. The quantitative estimate of drug-likeness (QED) is 0.570.